The van der Waals surface area contributed by atoms with Gasteiger partial charge in [-0.05, 0) is 25.0 Å². The van der Waals surface area contributed by atoms with Gasteiger partial charge in [0.1, 0.15) is 0 Å². The van der Waals surface area contributed by atoms with Crippen molar-refractivity contribution in [1.82, 2.24) is 0 Å². The number of fused-ring (bicyclic) bond motifs is 1. The average Bonchev–Trinajstić information content (AvgIpc) is 2.47. The van der Waals surface area contributed by atoms with Gasteiger partial charge in [0.2, 0.25) is 11.8 Å². The third kappa shape index (κ3) is 2.69. The minimum absolute atomic E-state index is 0.0322. The van der Waals surface area contributed by atoms with Crippen LogP contribution in [-0.4, -0.2) is 24.2 Å². The number of halogens is 2. The lowest BCUT2D eigenvalue weighted by Gasteiger charge is -2.34. The summed E-state index contributed by atoms with van der Waals surface area (Å²) in [6.07, 6.45) is 0.290. The van der Waals surface area contributed by atoms with Gasteiger partial charge >= 0.3 is 0 Å². The Kier molecular flexibility index (Phi) is 3.51. The van der Waals surface area contributed by atoms with Gasteiger partial charge in [0.15, 0.2) is 5.78 Å². The molecule has 0 spiro atoms. The fourth-order valence-corrected chi connectivity index (χ4v) is 3.15. The molecular formula is C16H17F2NO2. The van der Waals surface area contributed by atoms with Crippen LogP contribution in [0, 0.1) is 5.92 Å². The lowest BCUT2D eigenvalue weighted by Crippen LogP contribution is -2.43. The number of anilines is 1. The molecule has 0 N–H and O–H groups in total. The van der Waals surface area contributed by atoms with E-state index in [2.05, 4.69) is 0 Å². The van der Waals surface area contributed by atoms with Crippen LogP contribution in [0.3, 0.4) is 0 Å². The van der Waals surface area contributed by atoms with Crippen LogP contribution in [-0.2, 0) is 4.79 Å². The molecule has 1 aliphatic carbocycles. The lowest BCUT2D eigenvalue weighted by atomic mass is 9.85. The van der Waals surface area contributed by atoms with Crippen molar-refractivity contribution in [2.45, 2.75) is 38.0 Å². The molecule has 0 aromatic heterocycles. The van der Waals surface area contributed by atoms with E-state index in [1.54, 1.807) is 29.2 Å². The molecule has 1 heterocycles. The quantitative estimate of drug-likeness (QED) is 0.795. The van der Waals surface area contributed by atoms with Gasteiger partial charge in [-0.1, -0.05) is 12.1 Å². The molecule has 5 heteroatoms. The zero-order chi connectivity index (χ0) is 15.0. The Labute approximate surface area is 121 Å². The third-order valence-corrected chi connectivity index (χ3v) is 4.39. The first-order valence-corrected chi connectivity index (χ1v) is 7.29. The lowest BCUT2D eigenvalue weighted by molar-refractivity contribution is -0.126. The van der Waals surface area contributed by atoms with E-state index in [9.17, 15) is 18.4 Å². The second-order valence-electron chi connectivity index (χ2n) is 5.81. The zero-order valence-corrected chi connectivity index (χ0v) is 11.6. The molecular weight excluding hydrogens is 276 g/mol. The number of hydrogen-bond donors (Lipinski definition) is 0. The number of rotatable bonds is 1. The fraction of sp³-hybridized carbons (Fsp3) is 0.500. The molecule has 0 radical (unpaired) electrons. The second kappa shape index (κ2) is 5.20. The Hall–Kier alpha value is -1.78. The number of benzene rings is 1. The second-order valence-corrected chi connectivity index (χ2v) is 5.81. The van der Waals surface area contributed by atoms with Crippen molar-refractivity contribution in [3.8, 4) is 0 Å². The molecule has 0 bridgehead atoms. The topological polar surface area (TPSA) is 37.4 Å². The smallest absolute Gasteiger partial charge is 0.248 e. The highest BCUT2D eigenvalue weighted by atomic mass is 19.3. The number of nitrogens with zero attached hydrogens (tertiary/aromatic N) is 1. The number of para-hydroxylation sites is 1. The monoisotopic (exact) mass is 293 g/mol. The van der Waals surface area contributed by atoms with Crippen molar-refractivity contribution in [3.63, 3.8) is 0 Å². The molecule has 0 saturated heterocycles. The van der Waals surface area contributed by atoms with Gasteiger partial charge in [-0.15, -0.1) is 0 Å². The molecule has 1 saturated carbocycles. The van der Waals surface area contributed by atoms with Gasteiger partial charge in [-0.3, -0.25) is 9.59 Å². The molecule has 2 aliphatic rings. The van der Waals surface area contributed by atoms with Crippen molar-refractivity contribution >= 4 is 17.4 Å². The number of carbonyl (C=O) groups excluding carboxylic acids is 2. The molecule has 0 unspecified atom stereocenters. The van der Waals surface area contributed by atoms with E-state index in [-0.39, 0.29) is 43.3 Å². The van der Waals surface area contributed by atoms with E-state index in [4.69, 9.17) is 0 Å². The van der Waals surface area contributed by atoms with E-state index in [1.807, 2.05) is 0 Å². The Morgan fingerprint density at radius 3 is 2.57 bits per heavy atom. The van der Waals surface area contributed by atoms with E-state index >= 15 is 0 Å². The van der Waals surface area contributed by atoms with Crippen molar-refractivity contribution in [1.29, 1.82) is 0 Å². The Morgan fingerprint density at radius 2 is 1.86 bits per heavy atom. The Balaban J connectivity index is 1.80. The van der Waals surface area contributed by atoms with Crippen molar-refractivity contribution in [2.75, 3.05) is 11.4 Å². The minimum Gasteiger partial charge on any atom is -0.311 e. The van der Waals surface area contributed by atoms with Gasteiger partial charge in [0.25, 0.3) is 0 Å². The summed E-state index contributed by atoms with van der Waals surface area (Å²) < 4.78 is 26.4. The van der Waals surface area contributed by atoms with Crippen LogP contribution in [0.25, 0.3) is 0 Å². The van der Waals surface area contributed by atoms with Crippen LogP contribution in [0.2, 0.25) is 0 Å². The van der Waals surface area contributed by atoms with Crippen molar-refractivity contribution in [3.05, 3.63) is 29.8 Å². The van der Waals surface area contributed by atoms with E-state index in [0.29, 0.717) is 24.2 Å². The zero-order valence-electron chi connectivity index (χ0n) is 11.6. The molecule has 112 valence electrons. The number of carbonyl (C=O) groups is 2. The van der Waals surface area contributed by atoms with Gasteiger partial charge in [0, 0.05) is 37.3 Å². The summed E-state index contributed by atoms with van der Waals surface area (Å²) in [5, 5.41) is 0. The molecule has 1 aliphatic heterocycles. The number of ketones is 1. The first-order valence-electron chi connectivity index (χ1n) is 7.29. The van der Waals surface area contributed by atoms with Crippen molar-refractivity contribution in [2.24, 2.45) is 5.92 Å². The summed E-state index contributed by atoms with van der Waals surface area (Å²) in [6.45, 7) is 0.349. The maximum atomic E-state index is 13.2. The molecule has 0 atom stereocenters. The summed E-state index contributed by atoms with van der Waals surface area (Å²) >= 11 is 0. The first-order chi connectivity index (χ1) is 9.98. The van der Waals surface area contributed by atoms with E-state index in [1.165, 1.54) is 0 Å². The molecule has 1 aromatic carbocycles. The highest BCUT2D eigenvalue weighted by Gasteiger charge is 2.39. The van der Waals surface area contributed by atoms with Gasteiger partial charge in [-0.2, -0.15) is 0 Å². The number of hydrogen-bond acceptors (Lipinski definition) is 2. The van der Waals surface area contributed by atoms with E-state index in [0.717, 1.165) is 0 Å². The highest BCUT2D eigenvalue weighted by Crippen LogP contribution is 2.38. The normalized spacial score (nSPS) is 22.0. The molecule has 3 rings (SSSR count). The van der Waals surface area contributed by atoms with Crippen LogP contribution >= 0.6 is 0 Å². The molecule has 3 nitrogen and oxygen atoms in total. The molecule has 1 aromatic rings. The summed E-state index contributed by atoms with van der Waals surface area (Å²) in [7, 11) is 0. The molecule has 1 fully saturated rings. The van der Waals surface area contributed by atoms with E-state index < -0.39 is 5.92 Å². The third-order valence-electron chi connectivity index (χ3n) is 4.39. The van der Waals surface area contributed by atoms with Crippen LogP contribution in [0.1, 0.15) is 42.5 Å². The summed E-state index contributed by atoms with van der Waals surface area (Å²) in [5.41, 5.74) is 1.18. The van der Waals surface area contributed by atoms with Crippen LogP contribution in [0.5, 0.6) is 0 Å². The van der Waals surface area contributed by atoms with Crippen LogP contribution in [0.15, 0.2) is 24.3 Å². The Morgan fingerprint density at radius 1 is 1.19 bits per heavy atom. The molecule has 21 heavy (non-hydrogen) atoms. The van der Waals surface area contributed by atoms with Crippen LogP contribution in [0.4, 0.5) is 14.5 Å². The predicted molar refractivity (Wildman–Crippen MR) is 74.6 cm³/mol. The predicted octanol–water partition coefficient (Wildman–Crippen LogP) is 3.43. The number of alkyl halides is 2. The first kappa shape index (κ1) is 14.2. The highest BCUT2D eigenvalue weighted by molar-refractivity contribution is 6.09. The van der Waals surface area contributed by atoms with Gasteiger partial charge in [0.05, 0.1) is 5.69 Å². The van der Waals surface area contributed by atoms with Crippen LogP contribution < -0.4 is 4.90 Å². The SMILES string of the molecule is O=C1CCN(C(=O)C2CCC(F)(F)CC2)c2ccccc21. The fourth-order valence-electron chi connectivity index (χ4n) is 3.15. The Bertz CT molecular complexity index is 575. The summed E-state index contributed by atoms with van der Waals surface area (Å²) in [4.78, 5) is 26.1. The summed E-state index contributed by atoms with van der Waals surface area (Å²) in [5.74, 6) is -3.08. The largest absolute Gasteiger partial charge is 0.311 e. The number of amides is 1. The standard InChI is InChI=1S/C16H17F2NO2/c17-16(18)8-5-11(6-9-16)15(21)19-10-7-14(20)12-3-1-2-4-13(12)19/h1-4,11H,5-10H2. The summed E-state index contributed by atoms with van der Waals surface area (Å²) in [6, 6.07) is 7.02. The van der Waals surface area contributed by atoms with Gasteiger partial charge < -0.3 is 4.90 Å². The van der Waals surface area contributed by atoms with Gasteiger partial charge in [-0.25, -0.2) is 8.78 Å². The maximum Gasteiger partial charge on any atom is 0.248 e. The minimum atomic E-state index is -2.63. The maximum absolute atomic E-state index is 13.2. The number of Topliss-reactive ketones (excluding diaryl/α,β-unsaturated/α-hetero) is 1. The average molecular weight is 293 g/mol. The molecule has 1 amide bonds. The van der Waals surface area contributed by atoms with Crippen molar-refractivity contribution < 1.29 is 18.4 Å².